The van der Waals surface area contributed by atoms with Gasteiger partial charge in [0.15, 0.2) is 11.5 Å². The number of nitrogens with zero attached hydrogens (tertiary/aromatic N) is 2. The van der Waals surface area contributed by atoms with Crippen LogP contribution < -0.4 is 15.6 Å². The zero-order valence-corrected chi connectivity index (χ0v) is 17.0. The van der Waals surface area contributed by atoms with E-state index in [9.17, 15) is 14.7 Å². The Morgan fingerprint density at radius 3 is 2.80 bits per heavy atom. The van der Waals surface area contributed by atoms with Crippen LogP contribution in [-0.2, 0) is 19.5 Å². The molecule has 0 aliphatic carbocycles. The standard InChI is InChI=1S/C23H25N3O4/c1-30-20-10-7-15(12-19(20)27)14-24-22(28)16-8-9-17-18(13-16)25-21-6-4-2-3-5-11-26(21)23(17)29/h7-10,12-13,27H,2-6,11,14H2,1H3,(H,24,28). The van der Waals surface area contributed by atoms with E-state index in [0.717, 1.165) is 43.5 Å². The lowest BCUT2D eigenvalue weighted by Gasteiger charge is -2.16. The Bertz CT molecular complexity index is 1150. The van der Waals surface area contributed by atoms with Crippen molar-refractivity contribution in [3.63, 3.8) is 0 Å². The Kier molecular flexibility index (Phi) is 5.70. The molecule has 1 aliphatic heterocycles. The number of phenolic OH excluding ortho intramolecular Hbond substituents is 1. The summed E-state index contributed by atoms with van der Waals surface area (Å²) in [5.74, 6) is 0.947. The van der Waals surface area contributed by atoms with E-state index in [-0.39, 0.29) is 23.8 Å². The molecule has 30 heavy (non-hydrogen) atoms. The van der Waals surface area contributed by atoms with Gasteiger partial charge in [0, 0.05) is 25.1 Å². The van der Waals surface area contributed by atoms with Crippen LogP contribution in [0.4, 0.5) is 0 Å². The molecule has 2 heterocycles. The minimum atomic E-state index is -0.263. The van der Waals surface area contributed by atoms with Crippen molar-refractivity contribution in [3.8, 4) is 11.5 Å². The number of phenols is 1. The molecule has 1 aromatic heterocycles. The highest BCUT2D eigenvalue weighted by molar-refractivity contribution is 5.97. The van der Waals surface area contributed by atoms with E-state index in [2.05, 4.69) is 5.32 Å². The van der Waals surface area contributed by atoms with Crippen LogP contribution in [0.5, 0.6) is 11.5 Å². The molecule has 0 bridgehead atoms. The fraction of sp³-hybridized carbons (Fsp3) is 0.348. The monoisotopic (exact) mass is 407 g/mol. The molecule has 0 radical (unpaired) electrons. The third-order valence-electron chi connectivity index (χ3n) is 5.52. The second-order valence-corrected chi connectivity index (χ2v) is 7.57. The van der Waals surface area contributed by atoms with Gasteiger partial charge in [-0.25, -0.2) is 4.98 Å². The van der Waals surface area contributed by atoms with E-state index in [4.69, 9.17) is 9.72 Å². The van der Waals surface area contributed by atoms with Crippen molar-refractivity contribution in [2.75, 3.05) is 7.11 Å². The normalized spacial score (nSPS) is 13.9. The molecule has 2 aromatic carbocycles. The van der Waals surface area contributed by atoms with E-state index >= 15 is 0 Å². The number of carbonyl (C=O) groups is 1. The Balaban J connectivity index is 1.56. The van der Waals surface area contributed by atoms with Crippen molar-refractivity contribution in [1.29, 1.82) is 0 Å². The lowest BCUT2D eigenvalue weighted by Crippen LogP contribution is -2.27. The second kappa shape index (κ2) is 8.57. The number of hydrogen-bond acceptors (Lipinski definition) is 5. The first-order valence-electron chi connectivity index (χ1n) is 10.2. The van der Waals surface area contributed by atoms with Crippen molar-refractivity contribution in [1.82, 2.24) is 14.9 Å². The summed E-state index contributed by atoms with van der Waals surface area (Å²) in [7, 11) is 1.48. The highest BCUT2D eigenvalue weighted by Crippen LogP contribution is 2.26. The van der Waals surface area contributed by atoms with Crippen LogP contribution in [-0.4, -0.2) is 27.7 Å². The molecular formula is C23H25N3O4. The molecule has 1 amide bonds. The summed E-state index contributed by atoms with van der Waals surface area (Å²) in [5, 5.41) is 13.3. The Morgan fingerprint density at radius 2 is 2.00 bits per heavy atom. The number of fused-ring (bicyclic) bond motifs is 2. The van der Waals surface area contributed by atoms with Crippen molar-refractivity contribution < 1.29 is 14.6 Å². The van der Waals surface area contributed by atoms with Gasteiger partial charge in [0.1, 0.15) is 5.82 Å². The number of aromatic hydroxyl groups is 1. The first kappa shape index (κ1) is 19.9. The molecule has 156 valence electrons. The molecule has 1 aliphatic rings. The lowest BCUT2D eigenvalue weighted by atomic mass is 10.1. The number of ether oxygens (including phenoxy) is 1. The summed E-state index contributed by atoms with van der Waals surface area (Å²) in [5.41, 5.74) is 1.72. The number of aromatic nitrogens is 2. The zero-order valence-electron chi connectivity index (χ0n) is 17.0. The number of hydrogen-bond donors (Lipinski definition) is 2. The average Bonchev–Trinajstić information content (AvgIpc) is 2.73. The average molecular weight is 407 g/mol. The summed E-state index contributed by atoms with van der Waals surface area (Å²) >= 11 is 0. The fourth-order valence-electron chi connectivity index (χ4n) is 3.87. The van der Waals surface area contributed by atoms with Crippen molar-refractivity contribution in [2.45, 2.75) is 45.2 Å². The molecule has 0 unspecified atom stereocenters. The minimum absolute atomic E-state index is 0.0242. The number of amides is 1. The number of carbonyl (C=O) groups excluding carboxylic acids is 1. The highest BCUT2D eigenvalue weighted by Gasteiger charge is 2.15. The molecule has 7 heteroatoms. The van der Waals surface area contributed by atoms with Gasteiger partial charge in [0.05, 0.1) is 18.0 Å². The summed E-state index contributed by atoms with van der Waals surface area (Å²) < 4.78 is 6.82. The Labute approximate surface area is 174 Å². The predicted octanol–water partition coefficient (Wildman–Crippen LogP) is 3.16. The molecule has 3 aromatic rings. The van der Waals surface area contributed by atoms with E-state index in [1.807, 2.05) is 0 Å². The van der Waals surface area contributed by atoms with Gasteiger partial charge in [0.25, 0.3) is 11.5 Å². The van der Waals surface area contributed by atoms with E-state index in [1.165, 1.54) is 7.11 Å². The summed E-state index contributed by atoms with van der Waals surface area (Å²) in [6.07, 6.45) is 5.07. The summed E-state index contributed by atoms with van der Waals surface area (Å²) in [6, 6.07) is 10.0. The number of nitrogens with one attached hydrogen (secondary N) is 1. The molecule has 0 spiro atoms. The predicted molar refractivity (Wildman–Crippen MR) is 114 cm³/mol. The lowest BCUT2D eigenvalue weighted by molar-refractivity contribution is 0.0951. The topological polar surface area (TPSA) is 93.5 Å². The van der Waals surface area contributed by atoms with Crippen molar-refractivity contribution in [3.05, 3.63) is 63.7 Å². The van der Waals surface area contributed by atoms with E-state index < -0.39 is 0 Å². The van der Waals surface area contributed by atoms with Gasteiger partial charge in [-0.1, -0.05) is 18.9 Å². The third-order valence-corrected chi connectivity index (χ3v) is 5.52. The van der Waals surface area contributed by atoms with Gasteiger partial charge < -0.3 is 15.2 Å². The molecule has 0 saturated carbocycles. The van der Waals surface area contributed by atoms with Crippen molar-refractivity contribution >= 4 is 16.8 Å². The van der Waals surface area contributed by atoms with Crippen molar-refractivity contribution in [2.24, 2.45) is 0 Å². The summed E-state index contributed by atoms with van der Waals surface area (Å²) in [6.45, 7) is 0.961. The van der Waals surface area contributed by atoms with E-state index in [0.29, 0.717) is 28.8 Å². The fourth-order valence-corrected chi connectivity index (χ4v) is 3.87. The highest BCUT2D eigenvalue weighted by atomic mass is 16.5. The third kappa shape index (κ3) is 4.01. The molecule has 0 atom stereocenters. The van der Waals surface area contributed by atoms with Gasteiger partial charge in [-0.15, -0.1) is 0 Å². The summed E-state index contributed by atoms with van der Waals surface area (Å²) in [4.78, 5) is 30.2. The minimum Gasteiger partial charge on any atom is -0.504 e. The van der Waals surface area contributed by atoms with Gasteiger partial charge in [-0.2, -0.15) is 0 Å². The second-order valence-electron chi connectivity index (χ2n) is 7.57. The Morgan fingerprint density at radius 1 is 1.17 bits per heavy atom. The number of methoxy groups -OCH3 is 1. The van der Waals surface area contributed by atoms with Crippen LogP contribution in [0.1, 0.15) is 47.4 Å². The maximum atomic E-state index is 12.9. The zero-order chi connectivity index (χ0) is 21.1. The Hall–Kier alpha value is -3.35. The quantitative estimate of drug-likeness (QED) is 0.693. The maximum Gasteiger partial charge on any atom is 0.261 e. The van der Waals surface area contributed by atoms with Crippen LogP contribution >= 0.6 is 0 Å². The van der Waals surface area contributed by atoms with Crippen LogP contribution in [0.2, 0.25) is 0 Å². The molecule has 0 fully saturated rings. The first-order chi connectivity index (χ1) is 14.6. The SMILES string of the molecule is COc1ccc(CNC(=O)c2ccc3c(=O)n4c(nc3c2)CCCCCC4)cc1O. The van der Waals surface area contributed by atoms with Crippen LogP contribution in [0.15, 0.2) is 41.2 Å². The molecule has 7 nitrogen and oxygen atoms in total. The molecule has 4 rings (SSSR count). The van der Waals surface area contributed by atoms with Gasteiger partial charge in [-0.3, -0.25) is 14.2 Å². The number of benzene rings is 2. The van der Waals surface area contributed by atoms with Crippen LogP contribution in [0.25, 0.3) is 10.9 Å². The number of rotatable bonds is 4. The molecule has 0 saturated heterocycles. The van der Waals surface area contributed by atoms with Gasteiger partial charge >= 0.3 is 0 Å². The first-order valence-corrected chi connectivity index (χ1v) is 10.2. The molecule has 2 N–H and O–H groups in total. The smallest absolute Gasteiger partial charge is 0.261 e. The largest absolute Gasteiger partial charge is 0.504 e. The van der Waals surface area contributed by atoms with E-state index in [1.54, 1.807) is 41.0 Å². The van der Waals surface area contributed by atoms with Crippen LogP contribution in [0.3, 0.4) is 0 Å². The van der Waals surface area contributed by atoms with Crippen LogP contribution in [0, 0.1) is 0 Å². The van der Waals surface area contributed by atoms with Gasteiger partial charge in [0.2, 0.25) is 0 Å². The maximum absolute atomic E-state index is 12.9. The molecular weight excluding hydrogens is 382 g/mol. The number of aryl methyl sites for hydroxylation is 1. The van der Waals surface area contributed by atoms with Gasteiger partial charge in [-0.05, 0) is 48.7 Å².